The maximum absolute atomic E-state index is 10.5. The second kappa shape index (κ2) is 8.37. The van der Waals surface area contributed by atoms with E-state index in [0.717, 1.165) is 43.4 Å². The summed E-state index contributed by atoms with van der Waals surface area (Å²) in [5.41, 5.74) is 0.929. The number of nitrogens with zero attached hydrogens (tertiary/aromatic N) is 1. The third-order valence-corrected chi connectivity index (χ3v) is 4.33. The molecule has 0 aromatic heterocycles. The van der Waals surface area contributed by atoms with Crippen molar-refractivity contribution in [3.05, 3.63) is 29.8 Å². The second-order valence-corrected chi connectivity index (χ2v) is 5.84. The third kappa shape index (κ3) is 4.99. The van der Waals surface area contributed by atoms with E-state index in [-0.39, 0.29) is 0 Å². The molecule has 0 saturated carbocycles. The Morgan fingerprint density at radius 2 is 2.14 bits per heavy atom. The maximum Gasteiger partial charge on any atom is 0.119 e. The van der Waals surface area contributed by atoms with E-state index in [1.807, 2.05) is 24.3 Å². The summed E-state index contributed by atoms with van der Waals surface area (Å²) in [4.78, 5) is 2.36. The summed E-state index contributed by atoms with van der Waals surface area (Å²) >= 11 is 0. The van der Waals surface area contributed by atoms with E-state index in [4.69, 9.17) is 4.74 Å². The van der Waals surface area contributed by atoms with Gasteiger partial charge in [0, 0.05) is 13.1 Å². The lowest BCUT2D eigenvalue weighted by atomic mass is 9.97. The van der Waals surface area contributed by atoms with E-state index >= 15 is 0 Å². The van der Waals surface area contributed by atoms with Crippen molar-refractivity contribution in [2.75, 3.05) is 39.8 Å². The highest BCUT2D eigenvalue weighted by Crippen LogP contribution is 2.21. The fourth-order valence-corrected chi connectivity index (χ4v) is 2.96. The van der Waals surface area contributed by atoms with Crippen molar-refractivity contribution in [3.63, 3.8) is 0 Å². The van der Waals surface area contributed by atoms with Gasteiger partial charge in [0.15, 0.2) is 0 Å². The number of methoxy groups -OCH3 is 1. The van der Waals surface area contributed by atoms with Crippen molar-refractivity contribution < 1.29 is 9.84 Å². The Hall–Kier alpha value is -1.10. The van der Waals surface area contributed by atoms with Crippen LogP contribution in [0.1, 0.15) is 31.4 Å². The standard InChI is InChI=1S/C17H28N2O2/c1-3-19(12-14-7-9-18-10-8-14)13-17(20)15-5-4-6-16(11-15)21-2/h4-6,11,14,17-18,20H,3,7-10,12-13H2,1-2H3. The Bertz CT molecular complexity index is 419. The molecule has 1 fully saturated rings. The van der Waals surface area contributed by atoms with Crippen LogP contribution in [0.25, 0.3) is 0 Å². The zero-order valence-corrected chi connectivity index (χ0v) is 13.2. The monoisotopic (exact) mass is 292 g/mol. The molecule has 0 amide bonds. The minimum atomic E-state index is -0.457. The summed E-state index contributed by atoms with van der Waals surface area (Å²) in [7, 11) is 1.65. The van der Waals surface area contributed by atoms with Gasteiger partial charge < -0.3 is 20.1 Å². The van der Waals surface area contributed by atoms with Gasteiger partial charge in [0.05, 0.1) is 13.2 Å². The molecule has 1 aliphatic rings. The highest BCUT2D eigenvalue weighted by atomic mass is 16.5. The van der Waals surface area contributed by atoms with Gasteiger partial charge in [-0.3, -0.25) is 0 Å². The minimum Gasteiger partial charge on any atom is -0.497 e. The summed E-state index contributed by atoms with van der Waals surface area (Å²) in [6.45, 7) is 7.17. The summed E-state index contributed by atoms with van der Waals surface area (Å²) in [6.07, 6.45) is 2.03. The number of piperidine rings is 1. The minimum absolute atomic E-state index is 0.457. The first-order chi connectivity index (χ1) is 10.2. The van der Waals surface area contributed by atoms with Crippen molar-refractivity contribution in [1.82, 2.24) is 10.2 Å². The quantitative estimate of drug-likeness (QED) is 0.807. The SMILES string of the molecule is CCN(CC1CCNCC1)CC(O)c1cccc(OC)c1. The van der Waals surface area contributed by atoms with Crippen molar-refractivity contribution >= 4 is 0 Å². The molecule has 0 radical (unpaired) electrons. The molecule has 1 aromatic rings. The number of aliphatic hydroxyl groups excluding tert-OH is 1. The van der Waals surface area contributed by atoms with Crippen LogP contribution in [0.2, 0.25) is 0 Å². The molecular formula is C17H28N2O2. The third-order valence-electron chi connectivity index (χ3n) is 4.33. The van der Waals surface area contributed by atoms with Crippen LogP contribution < -0.4 is 10.1 Å². The van der Waals surface area contributed by atoms with Crippen LogP contribution in [0.15, 0.2) is 24.3 Å². The number of rotatable bonds is 7. The van der Waals surface area contributed by atoms with Crippen LogP contribution in [-0.4, -0.2) is 49.8 Å². The smallest absolute Gasteiger partial charge is 0.119 e. The maximum atomic E-state index is 10.5. The number of aliphatic hydroxyl groups is 1. The van der Waals surface area contributed by atoms with Crippen LogP contribution in [0.4, 0.5) is 0 Å². The fraction of sp³-hybridized carbons (Fsp3) is 0.647. The van der Waals surface area contributed by atoms with Crippen LogP contribution in [0.5, 0.6) is 5.75 Å². The number of likely N-dealkylation sites (N-methyl/N-ethyl adjacent to an activating group) is 1. The topological polar surface area (TPSA) is 44.7 Å². The molecule has 21 heavy (non-hydrogen) atoms. The summed E-state index contributed by atoms with van der Waals surface area (Å²) in [6, 6.07) is 7.72. The van der Waals surface area contributed by atoms with Crippen molar-refractivity contribution in [2.24, 2.45) is 5.92 Å². The molecule has 1 saturated heterocycles. The number of ether oxygens (including phenoxy) is 1. The lowest BCUT2D eigenvalue weighted by Crippen LogP contribution is -2.37. The second-order valence-electron chi connectivity index (χ2n) is 5.84. The van der Waals surface area contributed by atoms with Gasteiger partial charge >= 0.3 is 0 Å². The molecular weight excluding hydrogens is 264 g/mol. The molecule has 1 aliphatic heterocycles. The molecule has 2 rings (SSSR count). The van der Waals surface area contributed by atoms with E-state index in [1.165, 1.54) is 12.8 Å². The zero-order valence-electron chi connectivity index (χ0n) is 13.2. The highest BCUT2D eigenvalue weighted by Gasteiger charge is 2.19. The van der Waals surface area contributed by atoms with Gasteiger partial charge in [-0.2, -0.15) is 0 Å². The molecule has 0 aliphatic carbocycles. The van der Waals surface area contributed by atoms with E-state index in [1.54, 1.807) is 7.11 Å². The molecule has 0 spiro atoms. The summed E-state index contributed by atoms with van der Waals surface area (Å²) < 4.78 is 5.23. The first-order valence-electron chi connectivity index (χ1n) is 7.98. The first kappa shape index (κ1) is 16.3. The Kier molecular flexibility index (Phi) is 6.49. The summed E-state index contributed by atoms with van der Waals surface area (Å²) in [5, 5.41) is 13.9. The van der Waals surface area contributed by atoms with E-state index < -0.39 is 6.10 Å². The van der Waals surface area contributed by atoms with Gasteiger partial charge in [-0.25, -0.2) is 0 Å². The van der Waals surface area contributed by atoms with Crippen molar-refractivity contribution in [3.8, 4) is 5.75 Å². The van der Waals surface area contributed by atoms with E-state index in [2.05, 4.69) is 17.1 Å². The fourth-order valence-electron chi connectivity index (χ4n) is 2.96. The Morgan fingerprint density at radius 3 is 2.81 bits per heavy atom. The first-order valence-corrected chi connectivity index (χ1v) is 7.98. The molecule has 118 valence electrons. The predicted molar refractivity (Wildman–Crippen MR) is 85.7 cm³/mol. The molecule has 1 heterocycles. The van der Waals surface area contributed by atoms with Gasteiger partial charge in [-0.1, -0.05) is 19.1 Å². The number of benzene rings is 1. The number of hydrogen-bond donors (Lipinski definition) is 2. The van der Waals surface area contributed by atoms with Crippen molar-refractivity contribution in [1.29, 1.82) is 0 Å². The van der Waals surface area contributed by atoms with Crippen LogP contribution in [0, 0.1) is 5.92 Å². The molecule has 2 N–H and O–H groups in total. The lowest BCUT2D eigenvalue weighted by molar-refractivity contribution is 0.101. The molecule has 4 nitrogen and oxygen atoms in total. The summed E-state index contributed by atoms with van der Waals surface area (Å²) in [5.74, 6) is 1.55. The van der Waals surface area contributed by atoms with Gasteiger partial charge in [0.1, 0.15) is 5.75 Å². The molecule has 1 unspecified atom stereocenters. The average molecular weight is 292 g/mol. The average Bonchev–Trinajstić information content (AvgIpc) is 2.55. The zero-order chi connectivity index (χ0) is 15.1. The van der Waals surface area contributed by atoms with Gasteiger partial charge in [0.25, 0.3) is 0 Å². The Morgan fingerprint density at radius 1 is 1.38 bits per heavy atom. The molecule has 1 aromatic carbocycles. The van der Waals surface area contributed by atoms with E-state index in [9.17, 15) is 5.11 Å². The van der Waals surface area contributed by atoms with Gasteiger partial charge in [-0.15, -0.1) is 0 Å². The number of nitrogens with one attached hydrogen (secondary N) is 1. The van der Waals surface area contributed by atoms with Crippen molar-refractivity contribution in [2.45, 2.75) is 25.9 Å². The van der Waals surface area contributed by atoms with Gasteiger partial charge in [0.2, 0.25) is 0 Å². The lowest BCUT2D eigenvalue weighted by Gasteiger charge is -2.30. The highest BCUT2D eigenvalue weighted by molar-refractivity contribution is 5.29. The Balaban J connectivity index is 1.90. The van der Waals surface area contributed by atoms with Crippen LogP contribution >= 0.6 is 0 Å². The predicted octanol–water partition coefficient (Wildman–Crippen LogP) is 2.05. The molecule has 0 bridgehead atoms. The largest absolute Gasteiger partial charge is 0.497 e. The van der Waals surface area contributed by atoms with Gasteiger partial charge in [-0.05, 0) is 56.1 Å². The normalized spacial score (nSPS) is 17.9. The molecule has 1 atom stereocenters. The number of hydrogen-bond acceptors (Lipinski definition) is 4. The van der Waals surface area contributed by atoms with E-state index in [0.29, 0.717) is 6.54 Å². The molecule has 4 heteroatoms. The Labute approximate surface area is 128 Å². The van der Waals surface area contributed by atoms with Crippen LogP contribution in [0.3, 0.4) is 0 Å². The van der Waals surface area contributed by atoms with Crippen LogP contribution in [-0.2, 0) is 0 Å².